The standard InChI is InChI=1S/C16H18N2/c17-15-11-18(12-15)16(13-7-3-1-4-8-13)14-9-5-2-6-10-14/h1-10,15-16H,11-12,17H2/p+2. The Hall–Kier alpha value is -1.64. The van der Waals surface area contributed by atoms with Crippen LogP contribution in [0, 0.1) is 0 Å². The number of quaternary nitrogens is 2. The van der Waals surface area contributed by atoms with Crippen LogP contribution < -0.4 is 10.6 Å². The van der Waals surface area contributed by atoms with Gasteiger partial charge in [0, 0.05) is 11.1 Å². The maximum Gasteiger partial charge on any atom is 0.183 e. The van der Waals surface area contributed by atoms with Crippen molar-refractivity contribution in [2.75, 3.05) is 13.1 Å². The van der Waals surface area contributed by atoms with E-state index in [4.69, 9.17) is 0 Å². The summed E-state index contributed by atoms with van der Waals surface area (Å²) < 4.78 is 0. The van der Waals surface area contributed by atoms with Gasteiger partial charge in [-0.3, -0.25) is 0 Å². The van der Waals surface area contributed by atoms with Crippen LogP contribution in [0.25, 0.3) is 0 Å². The van der Waals surface area contributed by atoms with Crippen molar-refractivity contribution in [3.8, 4) is 0 Å². The highest BCUT2D eigenvalue weighted by Crippen LogP contribution is 2.19. The van der Waals surface area contributed by atoms with Crippen LogP contribution in [-0.4, -0.2) is 19.1 Å². The first-order chi connectivity index (χ1) is 8.84. The number of benzene rings is 2. The van der Waals surface area contributed by atoms with E-state index in [0.29, 0.717) is 12.1 Å². The molecule has 2 nitrogen and oxygen atoms in total. The molecule has 2 aromatic carbocycles. The normalized spacial score (nSPS) is 22.8. The van der Waals surface area contributed by atoms with Gasteiger partial charge in [0.2, 0.25) is 0 Å². The van der Waals surface area contributed by atoms with Gasteiger partial charge >= 0.3 is 0 Å². The maximum atomic E-state index is 4.14. The van der Waals surface area contributed by atoms with Crippen molar-refractivity contribution in [1.29, 1.82) is 0 Å². The molecular weight excluding hydrogens is 220 g/mol. The Kier molecular flexibility index (Phi) is 3.13. The third-order valence-corrected chi connectivity index (χ3v) is 3.78. The molecule has 0 spiro atoms. The third kappa shape index (κ3) is 2.17. The van der Waals surface area contributed by atoms with Gasteiger partial charge in [-0.2, -0.15) is 0 Å². The minimum Gasteiger partial charge on any atom is -0.346 e. The quantitative estimate of drug-likeness (QED) is 0.773. The highest BCUT2D eigenvalue weighted by molar-refractivity contribution is 5.29. The second-order valence-corrected chi connectivity index (χ2v) is 5.19. The molecule has 1 heterocycles. The summed E-state index contributed by atoms with van der Waals surface area (Å²) in [4.78, 5) is 1.63. The first kappa shape index (κ1) is 11.5. The van der Waals surface area contributed by atoms with Crippen molar-refractivity contribution in [2.45, 2.75) is 12.1 Å². The van der Waals surface area contributed by atoms with Crippen molar-refractivity contribution in [1.82, 2.24) is 0 Å². The Labute approximate surface area is 108 Å². The molecule has 1 saturated heterocycles. The van der Waals surface area contributed by atoms with E-state index < -0.39 is 0 Å². The first-order valence-electron chi connectivity index (χ1n) is 6.62. The summed E-state index contributed by atoms with van der Waals surface area (Å²) in [5.74, 6) is 0. The molecule has 18 heavy (non-hydrogen) atoms. The second kappa shape index (κ2) is 4.92. The molecule has 1 fully saturated rings. The van der Waals surface area contributed by atoms with E-state index in [2.05, 4.69) is 66.4 Å². The SMILES string of the molecule is [NH3+]C1C[NH+](C(c2ccccc2)c2ccccc2)C1. The number of rotatable bonds is 3. The van der Waals surface area contributed by atoms with Crippen molar-refractivity contribution in [2.24, 2.45) is 0 Å². The van der Waals surface area contributed by atoms with Crippen molar-refractivity contribution >= 4 is 0 Å². The average molecular weight is 240 g/mol. The monoisotopic (exact) mass is 240 g/mol. The fourth-order valence-electron chi connectivity index (χ4n) is 2.87. The fourth-order valence-corrected chi connectivity index (χ4v) is 2.87. The molecule has 0 amide bonds. The molecule has 0 radical (unpaired) electrons. The first-order valence-corrected chi connectivity index (χ1v) is 6.62. The molecule has 3 rings (SSSR count). The number of likely N-dealkylation sites (tertiary alicyclic amines) is 1. The second-order valence-electron chi connectivity index (χ2n) is 5.19. The number of nitrogens with one attached hydrogen (secondary N) is 1. The smallest absolute Gasteiger partial charge is 0.183 e. The van der Waals surface area contributed by atoms with Crippen LogP contribution in [-0.2, 0) is 0 Å². The van der Waals surface area contributed by atoms with E-state index in [-0.39, 0.29) is 0 Å². The summed E-state index contributed by atoms with van der Waals surface area (Å²) in [6.45, 7) is 2.35. The number of hydrogen-bond acceptors (Lipinski definition) is 0. The molecule has 4 N–H and O–H groups in total. The summed E-state index contributed by atoms with van der Waals surface area (Å²) in [7, 11) is 0. The Morgan fingerprint density at radius 1 is 0.833 bits per heavy atom. The molecule has 2 aromatic rings. The summed E-state index contributed by atoms with van der Waals surface area (Å²) in [6, 6.07) is 22.7. The van der Waals surface area contributed by atoms with Crippen LogP contribution >= 0.6 is 0 Å². The lowest BCUT2D eigenvalue weighted by Crippen LogP contribution is -3.25. The Morgan fingerprint density at radius 2 is 1.28 bits per heavy atom. The lowest BCUT2D eigenvalue weighted by atomic mass is 9.93. The predicted molar refractivity (Wildman–Crippen MR) is 72.1 cm³/mol. The molecule has 92 valence electrons. The van der Waals surface area contributed by atoms with E-state index in [9.17, 15) is 0 Å². The molecule has 2 heteroatoms. The van der Waals surface area contributed by atoms with Gasteiger partial charge in [-0.25, -0.2) is 0 Å². The Bertz CT molecular complexity index is 450. The molecule has 0 unspecified atom stereocenters. The summed E-state index contributed by atoms with van der Waals surface area (Å²) in [5, 5.41) is 0. The van der Waals surface area contributed by atoms with Crippen LogP contribution in [0.5, 0.6) is 0 Å². The van der Waals surface area contributed by atoms with Gasteiger partial charge in [0.05, 0.1) is 0 Å². The van der Waals surface area contributed by atoms with E-state index >= 15 is 0 Å². The van der Waals surface area contributed by atoms with E-state index in [0.717, 1.165) is 0 Å². The molecular formula is C16H20N2+2. The van der Waals surface area contributed by atoms with E-state index in [1.807, 2.05) is 0 Å². The molecule has 1 aliphatic rings. The lowest BCUT2D eigenvalue weighted by Gasteiger charge is -2.37. The zero-order valence-electron chi connectivity index (χ0n) is 10.5. The molecule has 0 aromatic heterocycles. The van der Waals surface area contributed by atoms with Gasteiger partial charge < -0.3 is 10.6 Å². The van der Waals surface area contributed by atoms with Crippen molar-refractivity contribution in [3.05, 3.63) is 71.8 Å². The molecule has 0 saturated carbocycles. The van der Waals surface area contributed by atoms with E-state index in [1.165, 1.54) is 24.2 Å². The minimum atomic E-state index is 0.463. The van der Waals surface area contributed by atoms with Crippen LogP contribution in [0.15, 0.2) is 60.7 Å². The number of hydrogen-bond donors (Lipinski definition) is 2. The van der Waals surface area contributed by atoms with Gasteiger partial charge in [-0.15, -0.1) is 0 Å². The van der Waals surface area contributed by atoms with Crippen LogP contribution in [0.3, 0.4) is 0 Å². The topological polar surface area (TPSA) is 32.1 Å². The van der Waals surface area contributed by atoms with Crippen molar-refractivity contribution in [3.63, 3.8) is 0 Å². The summed E-state index contributed by atoms with van der Waals surface area (Å²) in [5.41, 5.74) is 6.96. The van der Waals surface area contributed by atoms with Gasteiger partial charge in [-0.05, 0) is 0 Å². The minimum absolute atomic E-state index is 0.463. The van der Waals surface area contributed by atoms with Crippen molar-refractivity contribution < 1.29 is 10.6 Å². The molecule has 0 bridgehead atoms. The molecule has 0 atom stereocenters. The molecule has 0 aliphatic carbocycles. The Balaban J connectivity index is 1.94. The maximum absolute atomic E-state index is 4.14. The zero-order chi connectivity index (χ0) is 12.4. The average Bonchev–Trinajstić information content (AvgIpc) is 2.40. The Morgan fingerprint density at radius 3 is 1.67 bits per heavy atom. The van der Waals surface area contributed by atoms with Gasteiger partial charge in [0.15, 0.2) is 6.04 Å². The van der Waals surface area contributed by atoms with Gasteiger partial charge in [0.25, 0.3) is 0 Å². The van der Waals surface area contributed by atoms with Gasteiger partial charge in [-0.1, -0.05) is 60.7 Å². The van der Waals surface area contributed by atoms with Crippen LogP contribution in [0.4, 0.5) is 0 Å². The summed E-state index contributed by atoms with van der Waals surface area (Å²) >= 11 is 0. The fraction of sp³-hybridized carbons (Fsp3) is 0.250. The summed E-state index contributed by atoms with van der Waals surface area (Å²) in [6.07, 6.45) is 0. The third-order valence-electron chi connectivity index (χ3n) is 3.78. The highest BCUT2D eigenvalue weighted by Gasteiger charge is 2.38. The van der Waals surface area contributed by atoms with Crippen LogP contribution in [0.2, 0.25) is 0 Å². The zero-order valence-corrected chi connectivity index (χ0v) is 10.5. The lowest BCUT2D eigenvalue weighted by molar-refractivity contribution is -0.988. The highest BCUT2D eigenvalue weighted by atomic mass is 15.2. The van der Waals surface area contributed by atoms with Gasteiger partial charge in [0.1, 0.15) is 19.1 Å². The van der Waals surface area contributed by atoms with E-state index in [1.54, 1.807) is 4.90 Å². The largest absolute Gasteiger partial charge is 0.346 e. The molecule has 1 aliphatic heterocycles. The predicted octanol–water partition coefficient (Wildman–Crippen LogP) is 0.285. The van der Waals surface area contributed by atoms with Crippen LogP contribution in [0.1, 0.15) is 17.2 Å².